The summed E-state index contributed by atoms with van der Waals surface area (Å²) in [6, 6.07) is 19.8. The first-order chi connectivity index (χ1) is 12.6. The molecule has 1 heterocycles. The maximum atomic E-state index is 12.7. The molecule has 0 fully saturated rings. The highest BCUT2D eigenvalue weighted by Gasteiger charge is 2.42. The van der Waals surface area contributed by atoms with Crippen molar-refractivity contribution >= 4 is 12.0 Å². The summed E-state index contributed by atoms with van der Waals surface area (Å²) in [6.07, 6.45) is 4.05. The van der Waals surface area contributed by atoms with Crippen LogP contribution in [-0.4, -0.2) is 21.8 Å². The van der Waals surface area contributed by atoms with Crippen LogP contribution in [0.25, 0.3) is 5.69 Å². The van der Waals surface area contributed by atoms with Crippen LogP contribution >= 0.6 is 0 Å². The number of Topliss-reactive ketones (excluding diaryl/α,β-unsaturated/α-hetero) is 1. The highest BCUT2D eigenvalue weighted by atomic mass is 16.1. The molecule has 26 heavy (non-hydrogen) atoms. The SMILES string of the molecule is CC1(C)CC(=O)c2cnn(-c3ccccc3)c2C1N=Cc1ccccc1. The molecule has 4 nitrogen and oxygen atoms in total. The molecule has 2 aromatic carbocycles. The normalized spacial score (nSPS) is 18.8. The van der Waals surface area contributed by atoms with E-state index < -0.39 is 0 Å². The van der Waals surface area contributed by atoms with Crippen LogP contribution in [0.15, 0.2) is 71.9 Å². The number of fused-ring (bicyclic) bond motifs is 1. The molecule has 0 aliphatic heterocycles. The summed E-state index contributed by atoms with van der Waals surface area (Å²) in [5.41, 5.74) is 3.28. The molecule has 0 spiro atoms. The quantitative estimate of drug-likeness (QED) is 0.650. The van der Waals surface area contributed by atoms with Crippen molar-refractivity contribution in [2.45, 2.75) is 26.3 Å². The van der Waals surface area contributed by atoms with Crippen LogP contribution in [0.3, 0.4) is 0 Å². The smallest absolute Gasteiger partial charge is 0.167 e. The summed E-state index contributed by atoms with van der Waals surface area (Å²) in [4.78, 5) is 17.6. The Bertz CT molecular complexity index is 956. The van der Waals surface area contributed by atoms with Gasteiger partial charge in [-0.05, 0) is 17.7 Å². The van der Waals surface area contributed by atoms with Crippen molar-refractivity contribution in [3.63, 3.8) is 0 Å². The summed E-state index contributed by atoms with van der Waals surface area (Å²) in [7, 11) is 0. The van der Waals surface area contributed by atoms with Crippen molar-refractivity contribution in [2.75, 3.05) is 0 Å². The van der Waals surface area contributed by atoms with Gasteiger partial charge in [0.2, 0.25) is 0 Å². The zero-order valence-corrected chi connectivity index (χ0v) is 15.0. The summed E-state index contributed by atoms with van der Waals surface area (Å²) in [5.74, 6) is 0.137. The first-order valence-corrected chi connectivity index (χ1v) is 8.81. The first-order valence-electron chi connectivity index (χ1n) is 8.81. The van der Waals surface area contributed by atoms with Gasteiger partial charge in [-0.25, -0.2) is 4.68 Å². The van der Waals surface area contributed by atoms with E-state index in [2.05, 4.69) is 18.9 Å². The van der Waals surface area contributed by atoms with Crippen molar-refractivity contribution < 1.29 is 4.79 Å². The molecular weight excluding hydrogens is 322 g/mol. The molecule has 130 valence electrons. The Morgan fingerprint density at radius 3 is 2.42 bits per heavy atom. The van der Waals surface area contributed by atoms with E-state index >= 15 is 0 Å². The van der Waals surface area contributed by atoms with Gasteiger partial charge >= 0.3 is 0 Å². The van der Waals surface area contributed by atoms with Crippen molar-refractivity contribution in [2.24, 2.45) is 10.4 Å². The maximum Gasteiger partial charge on any atom is 0.167 e. The number of para-hydroxylation sites is 1. The number of benzene rings is 2. The van der Waals surface area contributed by atoms with Gasteiger partial charge in [-0.2, -0.15) is 5.10 Å². The molecular formula is C22H21N3O. The lowest BCUT2D eigenvalue weighted by Gasteiger charge is -2.35. The van der Waals surface area contributed by atoms with E-state index in [1.54, 1.807) is 6.20 Å². The van der Waals surface area contributed by atoms with Gasteiger partial charge in [0, 0.05) is 18.1 Å². The fraction of sp³-hybridized carbons (Fsp3) is 0.227. The Hall–Kier alpha value is -3.01. The third kappa shape index (κ3) is 2.88. The summed E-state index contributed by atoms with van der Waals surface area (Å²) in [6.45, 7) is 4.20. The van der Waals surface area contributed by atoms with E-state index in [1.807, 2.05) is 71.6 Å². The van der Waals surface area contributed by atoms with E-state index in [1.165, 1.54) is 0 Å². The molecule has 0 saturated carbocycles. The lowest BCUT2D eigenvalue weighted by atomic mass is 9.72. The third-order valence-electron chi connectivity index (χ3n) is 4.90. The molecule has 1 aliphatic carbocycles. The van der Waals surface area contributed by atoms with Crippen molar-refractivity contribution in [1.29, 1.82) is 0 Å². The highest BCUT2D eigenvalue weighted by molar-refractivity contribution is 5.99. The largest absolute Gasteiger partial charge is 0.294 e. The number of ketones is 1. The standard InChI is InChI=1S/C22H21N3O/c1-22(2)13-19(26)18-15-24-25(17-11-7-4-8-12-17)20(18)21(22)23-14-16-9-5-3-6-10-16/h3-12,14-15,21H,13H2,1-2H3. The van der Waals surface area contributed by atoms with Crippen molar-refractivity contribution in [1.82, 2.24) is 9.78 Å². The van der Waals surface area contributed by atoms with Crippen LogP contribution in [0.2, 0.25) is 0 Å². The Balaban J connectivity index is 1.84. The summed E-state index contributed by atoms with van der Waals surface area (Å²) >= 11 is 0. The Morgan fingerprint density at radius 1 is 1.08 bits per heavy atom. The summed E-state index contributed by atoms with van der Waals surface area (Å²) < 4.78 is 1.86. The summed E-state index contributed by atoms with van der Waals surface area (Å²) in [5, 5.41) is 4.51. The number of hydrogen-bond donors (Lipinski definition) is 0. The molecule has 0 saturated heterocycles. The predicted molar refractivity (Wildman–Crippen MR) is 103 cm³/mol. The maximum absolute atomic E-state index is 12.7. The second-order valence-corrected chi connectivity index (χ2v) is 7.37. The Morgan fingerprint density at radius 2 is 1.73 bits per heavy atom. The molecule has 4 rings (SSSR count). The Labute approximate surface area is 153 Å². The van der Waals surface area contributed by atoms with E-state index in [9.17, 15) is 4.79 Å². The van der Waals surface area contributed by atoms with Gasteiger partial charge in [0.25, 0.3) is 0 Å². The van der Waals surface area contributed by atoms with Crippen LogP contribution in [0.4, 0.5) is 0 Å². The number of nitrogens with zero attached hydrogens (tertiary/aromatic N) is 3. The number of carbonyl (C=O) groups excluding carboxylic acids is 1. The van der Waals surface area contributed by atoms with Crippen LogP contribution in [0, 0.1) is 5.41 Å². The van der Waals surface area contributed by atoms with Crippen LogP contribution in [0.5, 0.6) is 0 Å². The van der Waals surface area contributed by atoms with Crippen LogP contribution < -0.4 is 0 Å². The molecule has 0 N–H and O–H groups in total. The highest BCUT2D eigenvalue weighted by Crippen LogP contribution is 2.46. The van der Waals surface area contributed by atoms with Crippen LogP contribution in [0.1, 0.15) is 47.9 Å². The molecule has 0 radical (unpaired) electrons. The molecule has 4 heteroatoms. The molecule has 1 unspecified atom stereocenters. The fourth-order valence-electron chi connectivity index (χ4n) is 3.56. The van der Waals surface area contributed by atoms with Gasteiger partial charge in [-0.3, -0.25) is 9.79 Å². The van der Waals surface area contributed by atoms with Crippen molar-refractivity contribution in [3.8, 4) is 5.69 Å². The second kappa shape index (κ2) is 6.37. The first kappa shape index (κ1) is 16.5. The zero-order chi connectivity index (χ0) is 18.1. The number of hydrogen-bond acceptors (Lipinski definition) is 3. The average Bonchev–Trinajstić information content (AvgIpc) is 3.08. The monoisotopic (exact) mass is 343 g/mol. The number of aromatic nitrogens is 2. The lowest BCUT2D eigenvalue weighted by molar-refractivity contribution is 0.0884. The van der Waals surface area contributed by atoms with Crippen molar-refractivity contribution in [3.05, 3.63) is 83.7 Å². The topological polar surface area (TPSA) is 47.2 Å². The van der Waals surface area contributed by atoms with Gasteiger partial charge < -0.3 is 0 Å². The molecule has 3 aromatic rings. The van der Waals surface area contributed by atoms with E-state index in [-0.39, 0.29) is 17.2 Å². The molecule has 0 bridgehead atoms. The van der Waals surface area contributed by atoms with Gasteiger partial charge in [0.15, 0.2) is 5.78 Å². The molecule has 1 aromatic heterocycles. The van der Waals surface area contributed by atoms with Gasteiger partial charge in [-0.1, -0.05) is 62.4 Å². The average molecular weight is 343 g/mol. The third-order valence-corrected chi connectivity index (χ3v) is 4.90. The minimum Gasteiger partial charge on any atom is -0.294 e. The van der Waals surface area contributed by atoms with Gasteiger partial charge in [-0.15, -0.1) is 0 Å². The van der Waals surface area contributed by atoms with E-state index in [0.29, 0.717) is 12.0 Å². The predicted octanol–water partition coefficient (Wildman–Crippen LogP) is 4.65. The van der Waals surface area contributed by atoms with Gasteiger partial charge in [0.1, 0.15) is 0 Å². The van der Waals surface area contributed by atoms with Crippen LogP contribution in [-0.2, 0) is 0 Å². The fourth-order valence-corrected chi connectivity index (χ4v) is 3.56. The second-order valence-electron chi connectivity index (χ2n) is 7.37. The number of rotatable bonds is 3. The minimum absolute atomic E-state index is 0.137. The minimum atomic E-state index is -0.276. The van der Waals surface area contributed by atoms with E-state index in [0.717, 1.165) is 16.9 Å². The number of carbonyl (C=O) groups is 1. The Kier molecular flexibility index (Phi) is 4.03. The zero-order valence-electron chi connectivity index (χ0n) is 15.0. The molecule has 0 amide bonds. The number of aliphatic imine (C=N–C) groups is 1. The molecule has 1 atom stereocenters. The molecule has 1 aliphatic rings. The lowest BCUT2D eigenvalue weighted by Crippen LogP contribution is -2.32. The van der Waals surface area contributed by atoms with E-state index in [4.69, 9.17) is 4.99 Å². The van der Waals surface area contributed by atoms with Gasteiger partial charge in [0.05, 0.1) is 29.2 Å².